The van der Waals surface area contributed by atoms with Crippen molar-refractivity contribution >= 4 is 23.3 Å². The summed E-state index contributed by atoms with van der Waals surface area (Å²) >= 11 is 0. The lowest BCUT2D eigenvalue weighted by Gasteiger charge is -2.33. The molecule has 0 spiro atoms. The van der Waals surface area contributed by atoms with E-state index in [0.717, 1.165) is 0 Å². The molecule has 0 aromatic heterocycles. The third-order valence-electron chi connectivity index (χ3n) is 4.52. The quantitative estimate of drug-likeness (QED) is 0.391. The van der Waals surface area contributed by atoms with Crippen LogP contribution < -0.4 is 0 Å². The van der Waals surface area contributed by atoms with E-state index in [1.807, 2.05) is 0 Å². The number of hydrogen-bond acceptors (Lipinski definition) is 8. The van der Waals surface area contributed by atoms with Gasteiger partial charge in [0, 0.05) is 37.9 Å². The summed E-state index contributed by atoms with van der Waals surface area (Å²) in [5, 5.41) is 11.3. The van der Waals surface area contributed by atoms with E-state index in [1.165, 1.54) is 18.2 Å². The zero-order valence-electron chi connectivity index (χ0n) is 17.2. The van der Waals surface area contributed by atoms with Crippen molar-refractivity contribution < 1.29 is 24.0 Å². The molecular formula is C20H25N3O6. The number of carbonyl (C=O) groups is 2. The lowest BCUT2D eigenvalue weighted by atomic mass is 9.76. The molecule has 1 aromatic carbocycles. The summed E-state index contributed by atoms with van der Waals surface area (Å²) < 4.78 is 10.5. The van der Waals surface area contributed by atoms with E-state index in [-0.39, 0.29) is 24.5 Å². The van der Waals surface area contributed by atoms with E-state index in [0.29, 0.717) is 17.1 Å². The minimum Gasteiger partial charge on any atom is -0.465 e. The number of aliphatic imine (C=N–C) groups is 1. The molecule has 0 aliphatic carbocycles. The van der Waals surface area contributed by atoms with Crippen molar-refractivity contribution in [1.29, 1.82) is 0 Å². The standard InChI is InChI=1S/C20H25N3O6/c1-6-28-19(24)15-12(3)21-18(22(4)5)17(20(25)29-7-2)16(15)13-9-8-10-14(11-13)23(26)27/h8-11,15-16H,6-7H2,1-5H3. The van der Waals surface area contributed by atoms with Crippen LogP contribution in [0.5, 0.6) is 0 Å². The van der Waals surface area contributed by atoms with Gasteiger partial charge in [0.2, 0.25) is 0 Å². The van der Waals surface area contributed by atoms with Crippen LogP contribution in [0.2, 0.25) is 0 Å². The van der Waals surface area contributed by atoms with Gasteiger partial charge in [-0.1, -0.05) is 12.1 Å². The molecule has 2 unspecified atom stereocenters. The highest BCUT2D eigenvalue weighted by molar-refractivity contribution is 6.07. The van der Waals surface area contributed by atoms with Gasteiger partial charge in [-0.2, -0.15) is 0 Å². The highest BCUT2D eigenvalue weighted by atomic mass is 16.6. The smallest absolute Gasteiger partial charge is 0.338 e. The van der Waals surface area contributed by atoms with Gasteiger partial charge in [0.05, 0.1) is 23.7 Å². The van der Waals surface area contributed by atoms with Crippen molar-refractivity contribution in [3.8, 4) is 0 Å². The maximum atomic E-state index is 12.9. The van der Waals surface area contributed by atoms with E-state index in [1.54, 1.807) is 45.8 Å². The molecular weight excluding hydrogens is 378 g/mol. The number of nitro groups is 1. The molecule has 1 heterocycles. The highest BCUT2D eigenvalue weighted by Crippen LogP contribution is 2.41. The molecule has 1 aliphatic heterocycles. The van der Waals surface area contributed by atoms with Crippen LogP contribution in [-0.2, 0) is 19.1 Å². The van der Waals surface area contributed by atoms with E-state index in [9.17, 15) is 19.7 Å². The normalized spacial score (nSPS) is 18.7. The maximum absolute atomic E-state index is 12.9. The predicted octanol–water partition coefficient (Wildman–Crippen LogP) is 2.67. The third kappa shape index (κ3) is 4.61. The molecule has 156 valence electrons. The first-order chi connectivity index (χ1) is 13.7. The van der Waals surface area contributed by atoms with Gasteiger partial charge >= 0.3 is 11.9 Å². The number of ether oxygens (including phenoxy) is 2. The Balaban J connectivity index is 2.77. The number of hydrogen-bond donors (Lipinski definition) is 0. The largest absolute Gasteiger partial charge is 0.465 e. The SMILES string of the molecule is CCOC(=O)C1=C(N(C)C)N=C(C)C(C(=O)OCC)C1c1cccc([N+](=O)[O-])c1. The second-order valence-corrected chi connectivity index (χ2v) is 6.66. The Morgan fingerprint density at radius 1 is 1.21 bits per heavy atom. The molecule has 29 heavy (non-hydrogen) atoms. The number of rotatable bonds is 7. The summed E-state index contributed by atoms with van der Waals surface area (Å²) in [6, 6.07) is 5.89. The molecule has 9 nitrogen and oxygen atoms in total. The third-order valence-corrected chi connectivity index (χ3v) is 4.52. The van der Waals surface area contributed by atoms with Crippen LogP contribution in [0.15, 0.2) is 40.7 Å². The average molecular weight is 403 g/mol. The Kier molecular flexibility index (Phi) is 7.08. The number of nitro benzene ring substituents is 1. The molecule has 1 aromatic rings. The van der Waals surface area contributed by atoms with Gasteiger partial charge in [-0.25, -0.2) is 9.79 Å². The van der Waals surface area contributed by atoms with E-state index in [4.69, 9.17) is 9.47 Å². The summed E-state index contributed by atoms with van der Waals surface area (Å²) in [5.74, 6) is -2.57. The topological polar surface area (TPSA) is 111 Å². The Hall–Kier alpha value is -3.23. The summed E-state index contributed by atoms with van der Waals surface area (Å²) in [7, 11) is 3.45. The van der Waals surface area contributed by atoms with Crippen LogP contribution in [-0.4, -0.2) is 54.8 Å². The monoisotopic (exact) mass is 403 g/mol. The fourth-order valence-electron chi connectivity index (χ4n) is 3.34. The summed E-state index contributed by atoms with van der Waals surface area (Å²) in [6.45, 7) is 5.33. The second kappa shape index (κ2) is 9.31. The van der Waals surface area contributed by atoms with Crippen molar-refractivity contribution in [3.05, 3.63) is 51.3 Å². The predicted molar refractivity (Wildman–Crippen MR) is 106 cm³/mol. The van der Waals surface area contributed by atoms with Crippen LogP contribution in [0.25, 0.3) is 0 Å². The molecule has 0 bridgehead atoms. The number of esters is 2. The molecule has 0 amide bonds. The molecule has 1 aliphatic rings. The number of non-ortho nitro benzene ring substituents is 1. The summed E-state index contributed by atoms with van der Waals surface area (Å²) in [5.41, 5.74) is 0.923. The first-order valence-corrected chi connectivity index (χ1v) is 9.27. The Morgan fingerprint density at radius 2 is 1.86 bits per heavy atom. The van der Waals surface area contributed by atoms with Crippen LogP contribution >= 0.6 is 0 Å². The summed E-state index contributed by atoms with van der Waals surface area (Å²) in [6.07, 6.45) is 0. The van der Waals surface area contributed by atoms with Crippen LogP contribution in [0.4, 0.5) is 5.69 Å². The summed E-state index contributed by atoms with van der Waals surface area (Å²) in [4.78, 5) is 42.6. The van der Waals surface area contributed by atoms with Crippen molar-refractivity contribution in [1.82, 2.24) is 4.90 Å². The lowest BCUT2D eigenvalue weighted by molar-refractivity contribution is -0.384. The Bertz CT molecular complexity index is 875. The average Bonchev–Trinajstić information content (AvgIpc) is 2.67. The Morgan fingerprint density at radius 3 is 2.41 bits per heavy atom. The highest BCUT2D eigenvalue weighted by Gasteiger charge is 2.44. The van der Waals surface area contributed by atoms with Crippen molar-refractivity contribution in [3.63, 3.8) is 0 Å². The zero-order chi connectivity index (χ0) is 21.7. The van der Waals surface area contributed by atoms with Gasteiger partial charge in [0.1, 0.15) is 11.7 Å². The van der Waals surface area contributed by atoms with Crippen LogP contribution in [0.1, 0.15) is 32.3 Å². The van der Waals surface area contributed by atoms with Crippen molar-refractivity contribution in [2.45, 2.75) is 26.7 Å². The minimum atomic E-state index is -0.903. The number of benzene rings is 1. The molecule has 0 saturated carbocycles. The maximum Gasteiger partial charge on any atom is 0.338 e. The van der Waals surface area contributed by atoms with Gasteiger partial charge in [-0.05, 0) is 26.3 Å². The first-order valence-electron chi connectivity index (χ1n) is 9.27. The van der Waals surface area contributed by atoms with Gasteiger partial charge < -0.3 is 14.4 Å². The second-order valence-electron chi connectivity index (χ2n) is 6.66. The fourth-order valence-corrected chi connectivity index (χ4v) is 3.34. The van der Waals surface area contributed by atoms with E-state index in [2.05, 4.69) is 4.99 Å². The van der Waals surface area contributed by atoms with Gasteiger partial charge in [0.25, 0.3) is 5.69 Å². The van der Waals surface area contributed by atoms with Crippen molar-refractivity contribution in [2.24, 2.45) is 10.9 Å². The minimum absolute atomic E-state index is 0.136. The van der Waals surface area contributed by atoms with Crippen LogP contribution in [0, 0.1) is 16.0 Å². The van der Waals surface area contributed by atoms with Gasteiger partial charge in [-0.3, -0.25) is 14.9 Å². The molecule has 0 fully saturated rings. The van der Waals surface area contributed by atoms with Gasteiger partial charge in [-0.15, -0.1) is 0 Å². The van der Waals surface area contributed by atoms with E-state index >= 15 is 0 Å². The molecule has 2 rings (SSSR count). The fraction of sp³-hybridized carbons (Fsp3) is 0.450. The van der Waals surface area contributed by atoms with Gasteiger partial charge in [0.15, 0.2) is 0 Å². The zero-order valence-corrected chi connectivity index (χ0v) is 17.2. The molecule has 0 radical (unpaired) electrons. The van der Waals surface area contributed by atoms with Crippen molar-refractivity contribution in [2.75, 3.05) is 27.3 Å². The Labute approximate surface area is 169 Å². The molecule has 0 saturated heterocycles. The number of carbonyl (C=O) groups excluding carboxylic acids is 2. The first kappa shape index (κ1) is 22.1. The lowest BCUT2D eigenvalue weighted by Crippen LogP contribution is -2.38. The molecule has 2 atom stereocenters. The molecule has 9 heteroatoms. The van der Waals surface area contributed by atoms with E-state index < -0.39 is 28.7 Å². The number of nitrogens with zero attached hydrogens (tertiary/aromatic N) is 3. The van der Waals surface area contributed by atoms with Crippen LogP contribution in [0.3, 0.4) is 0 Å². The molecule has 0 N–H and O–H groups in total.